The number of alkyl halides is 3. The van der Waals surface area contributed by atoms with Crippen molar-refractivity contribution in [3.8, 4) is 0 Å². The Morgan fingerprint density at radius 2 is 1.92 bits per heavy atom. The van der Waals surface area contributed by atoms with Crippen molar-refractivity contribution in [3.63, 3.8) is 0 Å². The van der Waals surface area contributed by atoms with Gasteiger partial charge in [-0.3, -0.25) is 9.79 Å². The quantitative estimate of drug-likeness (QED) is 0.630. The molecule has 0 aliphatic carbocycles. The number of hydrogen-bond donors (Lipinski definition) is 2. The van der Waals surface area contributed by atoms with Gasteiger partial charge in [0.05, 0.1) is 6.42 Å². The predicted molar refractivity (Wildman–Crippen MR) is 91.5 cm³/mol. The third kappa shape index (κ3) is 6.28. The fourth-order valence-electron chi connectivity index (χ4n) is 2.60. The molecule has 2 rings (SSSR count). The summed E-state index contributed by atoms with van der Waals surface area (Å²) in [6.07, 6.45) is -2.56. The highest BCUT2D eigenvalue weighted by molar-refractivity contribution is 5.93. The second-order valence-electron chi connectivity index (χ2n) is 5.89. The highest BCUT2D eigenvalue weighted by Gasteiger charge is 2.26. The number of aliphatic imine (C=N–C) groups is 1. The number of rotatable bonds is 5. The number of halogens is 3. The number of carbonyl (C=O) groups is 1. The average Bonchev–Trinajstić information content (AvgIpc) is 2.58. The zero-order valence-corrected chi connectivity index (χ0v) is 14.2. The Bertz CT molecular complexity index is 599. The molecule has 1 aliphatic heterocycles. The third-order valence-corrected chi connectivity index (χ3v) is 3.96. The van der Waals surface area contributed by atoms with Crippen molar-refractivity contribution < 1.29 is 18.0 Å². The molecule has 1 aromatic rings. The zero-order valence-electron chi connectivity index (χ0n) is 14.2. The van der Waals surface area contributed by atoms with E-state index in [-0.39, 0.29) is 12.5 Å². The normalized spacial score (nSPS) is 16.1. The van der Waals surface area contributed by atoms with Crippen molar-refractivity contribution >= 4 is 17.6 Å². The van der Waals surface area contributed by atoms with Crippen LogP contribution in [0.5, 0.6) is 0 Å². The molecule has 0 aromatic heterocycles. The van der Waals surface area contributed by atoms with Gasteiger partial charge in [-0.25, -0.2) is 0 Å². The van der Waals surface area contributed by atoms with E-state index in [4.69, 9.17) is 0 Å². The number of amides is 1. The lowest BCUT2D eigenvalue weighted by Gasteiger charge is -2.26. The molecule has 0 spiro atoms. The SMILES string of the molecule is CN=C(NCCC(F)(F)F)NCc1ccc(N2CCCCC2=O)cc1. The maximum absolute atomic E-state index is 12.2. The Morgan fingerprint density at radius 1 is 1.20 bits per heavy atom. The Hall–Kier alpha value is -2.25. The van der Waals surface area contributed by atoms with E-state index in [0.717, 1.165) is 30.6 Å². The fraction of sp³-hybridized carbons (Fsp3) is 0.529. The summed E-state index contributed by atoms with van der Waals surface area (Å²) in [6.45, 7) is 0.950. The number of piperidine rings is 1. The zero-order chi connectivity index (χ0) is 18.3. The smallest absolute Gasteiger partial charge is 0.356 e. The van der Waals surface area contributed by atoms with Crippen LogP contribution in [0.25, 0.3) is 0 Å². The molecule has 1 heterocycles. The lowest BCUT2D eigenvalue weighted by atomic mass is 10.1. The molecule has 138 valence electrons. The van der Waals surface area contributed by atoms with E-state index < -0.39 is 12.6 Å². The van der Waals surface area contributed by atoms with Gasteiger partial charge in [-0.2, -0.15) is 13.2 Å². The number of hydrogen-bond acceptors (Lipinski definition) is 2. The van der Waals surface area contributed by atoms with Crippen LogP contribution in [-0.4, -0.2) is 38.2 Å². The van der Waals surface area contributed by atoms with Crippen LogP contribution in [0.2, 0.25) is 0 Å². The number of anilines is 1. The Labute approximate surface area is 145 Å². The Morgan fingerprint density at radius 3 is 2.52 bits per heavy atom. The Balaban J connectivity index is 1.83. The van der Waals surface area contributed by atoms with Crippen LogP contribution in [0.1, 0.15) is 31.2 Å². The van der Waals surface area contributed by atoms with Gasteiger partial charge >= 0.3 is 6.18 Å². The van der Waals surface area contributed by atoms with E-state index in [1.54, 1.807) is 4.90 Å². The molecule has 0 atom stereocenters. The molecule has 1 aliphatic rings. The number of benzene rings is 1. The van der Waals surface area contributed by atoms with Crippen molar-refractivity contribution in [1.29, 1.82) is 0 Å². The molecule has 25 heavy (non-hydrogen) atoms. The van der Waals surface area contributed by atoms with Gasteiger partial charge < -0.3 is 15.5 Å². The predicted octanol–water partition coefficient (Wildman–Crippen LogP) is 2.82. The lowest BCUT2D eigenvalue weighted by Crippen LogP contribution is -2.38. The number of nitrogens with one attached hydrogen (secondary N) is 2. The molecule has 8 heteroatoms. The molecular formula is C17H23F3N4O. The number of nitrogens with zero attached hydrogens (tertiary/aromatic N) is 2. The minimum atomic E-state index is -4.19. The molecule has 0 radical (unpaired) electrons. The molecule has 2 N–H and O–H groups in total. The van der Waals surface area contributed by atoms with Crippen LogP contribution in [0.4, 0.5) is 18.9 Å². The minimum Gasteiger partial charge on any atom is -0.356 e. The topological polar surface area (TPSA) is 56.7 Å². The van der Waals surface area contributed by atoms with Crippen LogP contribution in [0, 0.1) is 0 Å². The molecular weight excluding hydrogens is 333 g/mol. The van der Waals surface area contributed by atoms with Crippen LogP contribution < -0.4 is 15.5 Å². The van der Waals surface area contributed by atoms with Crippen molar-refractivity contribution in [2.45, 2.75) is 38.4 Å². The standard InChI is InChI=1S/C17H23F3N4O/c1-21-16(22-10-9-17(18,19)20)23-12-13-5-7-14(8-6-13)24-11-3-2-4-15(24)25/h5-8H,2-4,9-12H2,1H3,(H2,21,22,23). The first-order valence-electron chi connectivity index (χ1n) is 8.29. The van der Waals surface area contributed by atoms with Crippen molar-refractivity contribution in [2.75, 3.05) is 25.0 Å². The second-order valence-corrected chi connectivity index (χ2v) is 5.89. The molecule has 5 nitrogen and oxygen atoms in total. The summed E-state index contributed by atoms with van der Waals surface area (Å²) in [6, 6.07) is 7.57. The van der Waals surface area contributed by atoms with Crippen molar-refractivity contribution in [3.05, 3.63) is 29.8 Å². The summed E-state index contributed by atoms with van der Waals surface area (Å²) in [5, 5.41) is 5.60. The monoisotopic (exact) mass is 356 g/mol. The maximum atomic E-state index is 12.2. The van der Waals surface area contributed by atoms with Gasteiger partial charge in [0.15, 0.2) is 5.96 Å². The summed E-state index contributed by atoms with van der Waals surface area (Å²) in [5.41, 5.74) is 1.83. The summed E-state index contributed by atoms with van der Waals surface area (Å²) in [5.74, 6) is 0.464. The van der Waals surface area contributed by atoms with Gasteiger partial charge in [0.1, 0.15) is 0 Å². The highest BCUT2D eigenvalue weighted by Crippen LogP contribution is 2.21. The lowest BCUT2D eigenvalue weighted by molar-refractivity contribution is -0.132. The van der Waals surface area contributed by atoms with Gasteiger partial charge in [-0.15, -0.1) is 0 Å². The third-order valence-electron chi connectivity index (χ3n) is 3.96. The van der Waals surface area contributed by atoms with E-state index in [1.807, 2.05) is 24.3 Å². The van der Waals surface area contributed by atoms with E-state index in [9.17, 15) is 18.0 Å². The Kier molecular flexibility index (Phi) is 6.66. The molecule has 1 saturated heterocycles. The first-order chi connectivity index (χ1) is 11.9. The fourth-order valence-corrected chi connectivity index (χ4v) is 2.60. The summed E-state index contributed by atoms with van der Waals surface area (Å²) >= 11 is 0. The van der Waals surface area contributed by atoms with Gasteiger partial charge in [-0.05, 0) is 30.5 Å². The van der Waals surface area contributed by atoms with Crippen LogP contribution in [-0.2, 0) is 11.3 Å². The van der Waals surface area contributed by atoms with Crippen molar-refractivity contribution in [2.24, 2.45) is 4.99 Å². The first kappa shape index (κ1) is 19.1. The molecule has 0 saturated carbocycles. The summed E-state index contributed by atoms with van der Waals surface area (Å²) in [7, 11) is 1.51. The van der Waals surface area contributed by atoms with Crippen molar-refractivity contribution in [1.82, 2.24) is 10.6 Å². The largest absolute Gasteiger partial charge is 0.390 e. The first-order valence-corrected chi connectivity index (χ1v) is 8.29. The van der Waals surface area contributed by atoms with Crippen LogP contribution >= 0.6 is 0 Å². The molecule has 1 fully saturated rings. The van der Waals surface area contributed by atoms with E-state index in [1.165, 1.54) is 7.05 Å². The highest BCUT2D eigenvalue weighted by atomic mass is 19.4. The van der Waals surface area contributed by atoms with Crippen LogP contribution in [0.3, 0.4) is 0 Å². The number of guanidine groups is 1. The summed E-state index contributed by atoms with van der Waals surface area (Å²) in [4.78, 5) is 17.6. The van der Waals surface area contributed by atoms with Gasteiger partial charge in [-0.1, -0.05) is 12.1 Å². The van der Waals surface area contributed by atoms with Gasteiger partial charge in [0.25, 0.3) is 0 Å². The number of carbonyl (C=O) groups excluding carboxylic acids is 1. The van der Waals surface area contributed by atoms with E-state index in [2.05, 4.69) is 15.6 Å². The molecule has 0 bridgehead atoms. The molecule has 1 aromatic carbocycles. The van der Waals surface area contributed by atoms with E-state index in [0.29, 0.717) is 18.9 Å². The average molecular weight is 356 g/mol. The minimum absolute atomic E-state index is 0.145. The van der Waals surface area contributed by atoms with Crippen LogP contribution in [0.15, 0.2) is 29.3 Å². The second kappa shape index (κ2) is 8.73. The van der Waals surface area contributed by atoms with E-state index >= 15 is 0 Å². The summed E-state index contributed by atoms with van der Waals surface area (Å²) < 4.78 is 36.5. The molecule has 1 amide bonds. The molecule has 0 unspecified atom stereocenters. The maximum Gasteiger partial charge on any atom is 0.390 e. The van der Waals surface area contributed by atoms with Gasteiger partial charge in [0, 0.05) is 38.8 Å². The van der Waals surface area contributed by atoms with Gasteiger partial charge in [0.2, 0.25) is 5.91 Å².